The third-order valence-corrected chi connectivity index (χ3v) is 10.3. The molecular formula is C31H48B3NO8. The molecule has 9 nitrogen and oxygen atoms in total. The average Bonchev–Trinajstić information content (AvgIpc) is 3.51. The van der Waals surface area contributed by atoms with E-state index in [0.717, 1.165) is 16.4 Å². The summed E-state index contributed by atoms with van der Waals surface area (Å²) in [6.45, 7) is 26.1. The van der Waals surface area contributed by atoms with Gasteiger partial charge in [-0.1, -0.05) is 12.1 Å². The van der Waals surface area contributed by atoms with Gasteiger partial charge in [-0.3, -0.25) is 4.57 Å². The highest BCUT2D eigenvalue weighted by Gasteiger charge is 2.65. The summed E-state index contributed by atoms with van der Waals surface area (Å²) in [6.07, 6.45) is 2.67. The third kappa shape index (κ3) is 5.72. The summed E-state index contributed by atoms with van der Waals surface area (Å²) in [5.74, 6) is 0. The Hall–Kier alpha value is -1.82. The van der Waals surface area contributed by atoms with Crippen LogP contribution in [0.3, 0.4) is 0 Å². The fourth-order valence-electron chi connectivity index (χ4n) is 5.85. The lowest BCUT2D eigenvalue weighted by molar-refractivity contribution is -0.0576. The highest BCUT2D eigenvalue weighted by molar-refractivity contribution is 7.11. The zero-order valence-electron chi connectivity index (χ0n) is 28.2. The summed E-state index contributed by atoms with van der Waals surface area (Å²) in [5, 5.41) is 0.904. The first-order valence-electron chi connectivity index (χ1n) is 15.4. The van der Waals surface area contributed by atoms with Crippen molar-refractivity contribution in [2.45, 2.75) is 142 Å². The van der Waals surface area contributed by atoms with Gasteiger partial charge in [-0.15, -0.1) is 0 Å². The number of rotatable bonds is 5. The number of fused-ring (bicyclic) bond motifs is 1. The molecule has 1 aromatic carbocycles. The average molecular weight is 595 g/mol. The number of ether oxygens (including phenoxy) is 1. The smallest absolute Gasteiger partial charge is 0.443 e. The van der Waals surface area contributed by atoms with E-state index in [-0.39, 0.29) is 0 Å². The molecule has 0 saturated carbocycles. The second-order valence-electron chi connectivity index (χ2n) is 15.8. The lowest BCUT2D eigenvalue weighted by Gasteiger charge is -2.42. The fourth-order valence-corrected chi connectivity index (χ4v) is 5.85. The summed E-state index contributed by atoms with van der Waals surface area (Å²) in [4.78, 5) is 12.7. The van der Waals surface area contributed by atoms with E-state index in [1.807, 2.05) is 72.7 Å². The van der Waals surface area contributed by atoms with Crippen LogP contribution in [0.2, 0.25) is 0 Å². The van der Waals surface area contributed by atoms with E-state index in [9.17, 15) is 4.79 Å². The number of carbonyl (C=O) groups excluding carboxylic acids is 1. The SMILES string of the molecule is CC(C)(C)OC(=O)n1ccc2cc(B3OC(C)(C)C(C)(CCC4(C)OB(B5OC(C)(C)C(C)(C)O5)OC4(C)C)O3)ccc21. The summed E-state index contributed by atoms with van der Waals surface area (Å²) < 4.78 is 45.9. The normalized spacial score (nSPS) is 29.6. The molecule has 5 rings (SSSR count). The molecule has 3 fully saturated rings. The van der Waals surface area contributed by atoms with E-state index in [0.29, 0.717) is 12.8 Å². The van der Waals surface area contributed by atoms with Crippen LogP contribution in [-0.4, -0.2) is 71.0 Å². The van der Waals surface area contributed by atoms with Crippen LogP contribution in [0, 0.1) is 0 Å². The van der Waals surface area contributed by atoms with Crippen molar-refractivity contribution < 1.29 is 37.5 Å². The molecule has 2 aromatic rings. The minimum absolute atomic E-state index is 0.410. The topological polar surface area (TPSA) is 86.6 Å². The maximum atomic E-state index is 12.7. The molecule has 1 aromatic heterocycles. The van der Waals surface area contributed by atoms with Crippen LogP contribution in [0.1, 0.15) is 103 Å². The Balaban J connectivity index is 1.29. The van der Waals surface area contributed by atoms with Crippen LogP contribution in [0.15, 0.2) is 30.5 Å². The van der Waals surface area contributed by atoms with Gasteiger partial charge in [0.15, 0.2) is 0 Å². The Bertz CT molecular complexity index is 1380. The second-order valence-corrected chi connectivity index (χ2v) is 15.8. The first-order valence-corrected chi connectivity index (χ1v) is 15.4. The van der Waals surface area contributed by atoms with E-state index in [4.69, 9.17) is 32.7 Å². The van der Waals surface area contributed by atoms with Crippen LogP contribution >= 0.6 is 0 Å². The predicted octanol–water partition coefficient (Wildman–Crippen LogP) is 5.73. The number of aromatic nitrogens is 1. The molecule has 0 amide bonds. The molecule has 4 heterocycles. The first-order chi connectivity index (χ1) is 19.5. The van der Waals surface area contributed by atoms with Crippen molar-refractivity contribution >= 4 is 43.6 Å². The summed E-state index contributed by atoms with van der Waals surface area (Å²) in [5.41, 5.74) is -2.28. The molecule has 3 aliphatic heterocycles. The highest BCUT2D eigenvalue weighted by atomic mass is 16.7. The van der Waals surface area contributed by atoms with Crippen molar-refractivity contribution in [3.05, 3.63) is 30.5 Å². The van der Waals surface area contributed by atoms with E-state index in [2.05, 4.69) is 41.5 Å². The van der Waals surface area contributed by atoms with Gasteiger partial charge in [-0.25, -0.2) is 4.79 Å². The molecule has 0 aliphatic carbocycles. The van der Waals surface area contributed by atoms with Gasteiger partial charge in [0.2, 0.25) is 0 Å². The first kappa shape index (κ1) is 32.6. The van der Waals surface area contributed by atoms with Crippen molar-refractivity contribution in [1.82, 2.24) is 4.57 Å². The van der Waals surface area contributed by atoms with Gasteiger partial charge < -0.3 is 32.7 Å². The number of nitrogens with zero attached hydrogens (tertiary/aromatic N) is 1. The summed E-state index contributed by atoms with van der Waals surface area (Å²) in [7, 11) is -1.82. The molecule has 12 heteroatoms. The van der Waals surface area contributed by atoms with Gasteiger partial charge >= 0.3 is 27.2 Å². The minimum Gasteiger partial charge on any atom is -0.443 e. The Morgan fingerprint density at radius 1 is 0.721 bits per heavy atom. The quantitative estimate of drug-likeness (QED) is 0.406. The molecule has 3 saturated heterocycles. The van der Waals surface area contributed by atoms with Crippen LogP contribution in [-0.2, 0) is 32.7 Å². The Morgan fingerprint density at radius 3 is 1.81 bits per heavy atom. The van der Waals surface area contributed by atoms with Gasteiger partial charge in [0.25, 0.3) is 0 Å². The monoisotopic (exact) mass is 595 g/mol. The van der Waals surface area contributed by atoms with Crippen molar-refractivity contribution in [2.24, 2.45) is 0 Å². The van der Waals surface area contributed by atoms with Crippen molar-refractivity contribution in [2.75, 3.05) is 0 Å². The molecule has 234 valence electrons. The molecule has 2 unspecified atom stereocenters. The number of benzene rings is 1. The zero-order chi connectivity index (χ0) is 32.0. The van der Waals surface area contributed by atoms with E-state index in [1.165, 1.54) is 4.57 Å². The maximum Gasteiger partial charge on any atom is 0.494 e. The Morgan fingerprint density at radius 2 is 1.23 bits per heavy atom. The molecule has 0 spiro atoms. The summed E-state index contributed by atoms with van der Waals surface area (Å²) in [6, 6.07) is 7.77. The Labute approximate surface area is 258 Å². The van der Waals surface area contributed by atoms with E-state index in [1.54, 1.807) is 6.20 Å². The fraction of sp³-hybridized carbons (Fsp3) is 0.710. The van der Waals surface area contributed by atoms with Crippen LogP contribution in [0.4, 0.5) is 4.79 Å². The summed E-state index contributed by atoms with van der Waals surface area (Å²) >= 11 is 0. The van der Waals surface area contributed by atoms with E-state index >= 15 is 0 Å². The van der Waals surface area contributed by atoms with Gasteiger partial charge in [0.1, 0.15) is 5.60 Å². The number of hydrogen-bond acceptors (Lipinski definition) is 8. The lowest BCUT2D eigenvalue weighted by Crippen LogP contribution is -2.50. The molecular weight excluding hydrogens is 547 g/mol. The van der Waals surface area contributed by atoms with Gasteiger partial charge in [0, 0.05) is 6.20 Å². The van der Waals surface area contributed by atoms with E-state index < -0.39 is 66.4 Å². The second kappa shape index (κ2) is 10.1. The third-order valence-electron chi connectivity index (χ3n) is 10.3. The van der Waals surface area contributed by atoms with Gasteiger partial charge in [-0.2, -0.15) is 0 Å². The molecule has 0 bridgehead atoms. The van der Waals surface area contributed by atoms with Gasteiger partial charge in [0.05, 0.1) is 39.1 Å². The van der Waals surface area contributed by atoms with Crippen LogP contribution in [0.5, 0.6) is 0 Å². The lowest BCUT2D eigenvalue weighted by atomic mass is 9.49. The zero-order valence-corrected chi connectivity index (χ0v) is 28.2. The van der Waals surface area contributed by atoms with Crippen molar-refractivity contribution in [1.29, 1.82) is 0 Å². The Kier molecular flexibility index (Phi) is 7.65. The minimum atomic E-state index is -0.643. The van der Waals surface area contributed by atoms with Crippen molar-refractivity contribution in [3.63, 3.8) is 0 Å². The number of carbonyl (C=O) groups is 1. The predicted molar refractivity (Wildman–Crippen MR) is 169 cm³/mol. The molecule has 43 heavy (non-hydrogen) atoms. The molecule has 3 aliphatic rings. The molecule has 2 atom stereocenters. The van der Waals surface area contributed by atoms with Crippen molar-refractivity contribution in [3.8, 4) is 0 Å². The largest absolute Gasteiger partial charge is 0.494 e. The van der Waals surface area contributed by atoms with Gasteiger partial charge in [-0.05, 0) is 126 Å². The molecule has 0 N–H and O–H groups in total. The standard InChI is InChI=1S/C31H48B3NO8/c1-25(2,3)37-24(36)35-19-16-21-20-22(14-15-23(21)35)32-38-28(8,9)30(12,42-32)17-18-31(13)29(10,11)41-34(43-31)33-39-26(4,5)27(6,7)40-33/h14-16,19-20H,17-18H2,1-13H3. The highest BCUT2D eigenvalue weighted by Crippen LogP contribution is 2.48. The van der Waals surface area contributed by atoms with Crippen LogP contribution in [0.25, 0.3) is 10.9 Å². The van der Waals surface area contributed by atoms with Crippen LogP contribution < -0.4 is 5.46 Å². The maximum absolute atomic E-state index is 12.7. The molecule has 0 radical (unpaired) electrons. The number of hydrogen-bond donors (Lipinski definition) is 0.